The Morgan fingerprint density at radius 1 is 1.15 bits per heavy atom. The molecule has 0 aliphatic heterocycles. The van der Waals surface area contributed by atoms with Crippen molar-refractivity contribution >= 4 is 33.7 Å². The Balaban J connectivity index is 1.67. The van der Waals surface area contributed by atoms with E-state index >= 15 is 0 Å². The van der Waals surface area contributed by atoms with E-state index in [-0.39, 0.29) is 0 Å². The average molecular weight is 447 g/mol. The smallest absolute Gasteiger partial charge is 0.412 e. The molecule has 2 aromatic heterocycles. The third-order valence-corrected chi connectivity index (χ3v) is 5.40. The molecule has 0 saturated carbocycles. The molecule has 0 radical (unpaired) electrons. The number of carbonyl (C=O) groups is 1. The number of fused-ring (bicyclic) bond motifs is 3. The van der Waals surface area contributed by atoms with Gasteiger partial charge in [0.1, 0.15) is 11.4 Å². The summed E-state index contributed by atoms with van der Waals surface area (Å²) in [6.07, 6.45) is 4.03. The molecule has 0 fully saturated rings. The molecular weight excluding hydrogens is 416 g/mol. The number of rotatable bonds is 6. The second-order valence-corrected chi connectivity index (χ2v) is 9.25. The zero-order chi connectivity index (χ0) is 23.6. The van der Waals surface area contributed by atoms with E-state index in [1.54, 1.807) is 6.20 Å². The minimum atomic E-state index is -0.549. The van der Waals surface area contributed by atoms with Gasteiger partial charge < -0.3 is 14.5 Å². The van der Waals surface area contributed by atoms with Gasteiger partial charge in [-0.1, -0.05) is 37.6 Å². The normalized spacial score (nSPS) is 11.8. The Morgan fingerprint density at radius 2 is 1.88 bits per heavy atom. The lowest BCUT2D eigenvalue weighted by atomic mass is 10.1. The molecule has 0 aliphatic carbocycles. The van der Waals surface area contributed by atoms with Crippen molar-refractivity contribution in [3.8, 4) is 0 Å². The van der Waals surface area contributed by atoms with Crippen molar-refractivity contribution in [2.24, 2.45) is 0 Å². The number of hydrogen-bond donors (Lipinski definition) is 1. The Kier molecular flexibility index (Phi) is 6.22. The second kappa shape index (κ2) is 9.10. The van der Waals surface area contributed by atoms with Crippen molar-refractivity contribution < 1.29 is 14.3 Å². The standard InChI is InChI=1S/C26H30N4O3/c1-5-6-11-23-28-21-17-30(32)22-10-8-7-9-20(22)24(21)29(23)16-18-12-14-19(15-13-18)27-25(31)33-26(2,3)4/h7-10,12-15,17H,5-6,11,16H2,1-4H3,(H,27,31). The zero-order valence-corrected chi connectivity index (χ0v) is 19.6. The summed E-state index contributed by atoms with van der Waals surface area (Å²) in [7, 11) is 0. The Labute approximate surface area is 193 Å². The average Bonchev–Trinajstić information content (AvgIpc) is 3.09. The number of benzene rings is 2. The monoisotopic (exact) mass is 446 g/mol. The molecule has 4 aromatic rings. The number of hydrogen-bond acceptors (Lipinski definition) is 4. The molecule has 0 aliphatic rings. The fraction of sp³-hybridized carbons (Fsp3) is 0.346. The SMILES string of the molecule is CCCCc1nc2c[n+]([O-])c3ccccc3c2n1Cc1ccc(NC(=O)OC(C)(C)C)cc1. The Hall–Kier alpha value is -3.61. The summed E-state index contributed by atoms with van der Waals surface area (Å²) in [5.41, 5.74) is 3.51. The minimum Gasteiger partial charge on any atom is -0.618 e. The van der Waals surface area contributed by atoms with E-state index in [4.69, 9.17) is 9.72 Å². The summed E-state index contributed by atoms with van der Waals surface area (Å²) >= 11 is 0. The van der Waals surface area contributed by atoms with Gasteiger partial charge in [-0.25, -0.2) is 9.78 Å². The van der Waals surface area contributed by atoms with Gasteiger partial charge in [0.05, 0.1) is 10.9 Å². The molecule has 172 valence electrons. The second-order valence-electron chi connectivity index (χ2n) is 9.25. The number of nitrogens with one attached hydrogen (secondary N) is 1. The lowest BCUT2D eigenvalue weighted by Gasteiger charge is -2.19. The summed E-state index contributed by atoms with van der Waals surface area (Å²) in [4.78, 5) is 16.9. The van der Waals surface area contributed by atoms with Gasteiger partial charge in [0, 0.05) is 24.7 Å². The van der Waals surface area contributed by atoms with Gasteiger partial charge in [-0.05, 0) is 51.0 Å². The van der Waals surface area contributed by atoms with E-state index in [0.717, 1.165) is 46.3 Å². The van der Waals surface area contributed by atoms with E-state index in [0.29, 0.717) is 23.3 Å². The highest BCUT2D eigenvalue weighted by molar-refractivity contribution is 6.00. The number of aromatic nitrogens is 3. The topological polar surface area (TPSA) is 83.1 Å². The number of ether oxygens (including phenoxy) is 1. The van der Waals surface area contributed by atoms with Crippen LogP contribution in [0.1, 0.15) is 51.9 Å². The molecule has 2 heterocycles. The Morgan fingerprint density at radius 3 is 2.58 bits per heavy atom. The number of imidazole rings is 1. The van der Waals surface area contributed by atoms with E-state index in [1.165, 1.54) is 0 Å². The van der Waals surface area contributed by atoms with Gasteiger partial charge in [0.2, 0.25) is 11.7 Å². The summed E-state index contributed by atoms with van der Waals surface area (Å²) in [6, 6.07) is 15.3. The van der Waals surface area contributed by atoms with Gasteiger partial charge in [0.15, 0.2) is 5.52 Å². The summed E-state index contributed by atoms with van der Waals surface area (Å²) in [6.45, 7) is 8.28. The van der Waals surface area contributed by atoms with Crippen molar-refractivity contribution in [1.82, 2.24) is 9.55 Å². The summed E-state index contributed by atoms with van der Waals surface area (Å²) < 4.78 is 8.43. The molecule has 2 aromatic carbocycles. The van der Waals surface area contributed by atoms with Crippen LogP contribution in [0.4, 0.5) is 10.5 Å². The van der Waals surface area contributed by atoms with Crippen LogP contribution in [0.15, 0.2) is 54.7 Å². The molecule has 1 N–H and O–H groups in total. The molecule has 0 bridgehead atoms. The number of carbonyl (C=O) groups excluding carboxylic acids is 1. The van der Waals surface area contributed by atoms with Gasteiger partial charge in [0.25, 0.3) is 0 Å². The molecule has 4 rings (SSSR count). The molecule has 0 spiro atoms. The first-order chi connectivity index (χ1) is 15.7. The summed E-state index contributed by atoms with van der Waals surface area (Å²) in [5, 5.41) is 16.2. The molecule has 7 nitrogen and oxygen atoms in total. The first-order valence-corrected chi connectivity index (χ1v) is 11.3. The highest BCUT2D eigenvalue weighted by atomic mass is 16.6. The number of aryl methyl sites for hydroxylation is 1. The minimum absolute atomic E-state index is 0.477. The number of pyridine rings is 1. The quantitative estimate of drug-likeness (QED) is 0.310. The molecule has 1 amide bonds. The van der Waals surface area contributed by atoms with Gasteiger partial charge in [-0.3, -0.25) is 5.32 Å². The fourth-order valence-electron chi connectivity index (χ4n) is 3.93. The van der Waals surface area contributed by atoms with Crippen LogP contribution in [0, 0.1) is 5.21 Å². The maximum absolute atomic E-state index is 12.5. The van der Waals surface area contributed by atoms with Crippen LogP contribution in [0.2, 0.25) is 0 Å². The van der Waals surface area contributed by atoms with Crippen molar-refractivity contribution in [1.29, 1.82) is 0 Å². The Bertz CT molecular complexity index is 1290. The number of para-hydroxylation sites is 1. The van der Waals surface area contributed by atoms with Crippen molar-refractivity contribution in [2.45, 2.75) is 59.1 Å². The van der Waals surface area contributed by atoms with Gasteiger partial charge in [-0.2, -0.15) is 4.73 Å². The van der Waals surface area contributed by atoms with Crippen molar-refractivity contribution in [3.05, 3.63) is 71.3 Å². The first-order valence-electron chi connectivity index (χ1n) is 11.3. The third-order valence-electron chi connectivity index (χ3n) is 5.40. The summed E-state index contributed by atoms with van der Waals surface area (Å²) in [5.74, 6) is 0.971. The number of amides is 1. The van der Waals surface area contributed by atoms with Gasteiger partial charge in [-0.15, -0.1) is 0 Å². The highest BCUT2D eigenvalue weighted by Crippen LogP contribution is 2.26. The third kappa shape index (κ3) is 5.08. The molecular formula is C26H30N4O3. The van der Waals surface area contributed by atoms with Crippen LogP contribution in [0.5, 0.6) is 0 Å². The van der Waals surface area contributed by atoms with E-state index in [1.807, 2.05) is 69.3 Å². The lowest BCUT2D eigenvalue weighted by Crippen LogP contribution is -2.27. The van der Waals surface area contributed by atoms with Crippen LogP contribution in [0.25, 0.3) is 21.9 Å². The molecule has 0 atom stereocenters. The molecule has 0 unspecified atom stereocenters. The van der Waals surface area contributed by atoms with Crippen LogP contribution in [-0.2, 0) is 17.7 Å². The van der Waals surface area contributed by atoms with E-state index in [2.05, 4.69) is 16.8 Å². The van der Waals surface area contributed by atoms with Crippen LogP contribution in [0.3, 0.4) is 0 Å². The number of nitrogens with zero attached hydrogens (tertiary/aromatic N) is 3. The van der Waals surface area contributed by atoms with Gasteiger partial charge >= 0.3 is 6.09 Å². The predicted molar refractivity (Wildman–Crippen MR) is 130 cm³/mol. The highest BCUT2D eigenvalue weighted by Gasteiger charge is 2.19. The maximum Gasteiger partial charge on any atom is 0.412 e. The molecule has 7 heteroatoms. The van der Waals surface area contributed by atoms with Crippen molar-refractivity contribution in [3.63, 3.8) is 0 Å². The first kappa shape index (κ1) is 22.6. The number of unbranched alkanes of at least 4 members (excludes halogenated alkanes) is 1. The van der Waals surface area contributed by atoms with E-state index in [9.17, 15) is 10.0 Å². The van der Waals surface area contributed by atoms with E-state index < -0.39 is 11.7 Å². The number of anilines is 1. The molecule has 33 heavy (non-hydrogen) atoms. The van der Waals surface area contributed by atoms with Crippen LogP contribution >= 0.6 is 0 Å². The van der Waals surface area contributed by atoms with Crippen LogP contribution in [-0.4, -0.2) is 21.2 Å². The largest absolute Gasteiger partial charge is 0.618 e. The predicted octanol–water partition coefficient (Wildman–Crippen LogP) is 5.56. The zero-order valence-electron chi connectivity index (χ0n) is 19.6. The molecule has 0 saturated heterocycles. The lowest BCUT2D eigenvalue weighted by molar-refractivity contribution is -0.575. The van der Waals surface area contributed by atoms with Crippen molar-refractivity contribution in [2.75, 3.05) is 5.32 Å². The van der Waals surface area contributed by atoms with Crippen LogP contribution < -0.4 is 10.0 Å². The maximum atomic E-state index is 12.5. The fourth-order valence-corrected chi connectivity index (χ4v) is 3.93.